The minimum absolute atomic E-state index is 0.572. The Morgan fingerprint density at radius 2 is 2.11 bits per heavy atom. The number of anilines is 1. The molecule has 1 fully saturated rings. The van der Waals surface area contributed by atoms with E-state index in [1.807, 2.05) is 0 Å². The van der Waals surface area contributed by atoms with E-state index in [2.05, 4.69) is 29.4 Å². The number of hydrogen-bond acceptors (Lipinski definition) is 3. The van der Waals surface area contributed by atoms with Gasteiger partial charge in [-0.3, -0.25) is 0 Å². The zero-order chi connectivity index (χ0) is 13.2. The minimum Gasteiger partial charge on any atom is -0.507 e. The molecule has 3 nitrogen and oxygen atoms in total. The smallest absolute Gasteiger partial charge is 0.124 e. The standard InChI is InChI=1S/C16H24N2O/c1-18-10-2-3-14-15(18)5-4-13(16(14)19)11-12-6-8-17-9-7-12/h4-5,12,17,19H,2-3,6-11H2,1H3. The van der Waals surface area contributed by atoms with E-state index in [4.69, 9.17) is 0 Å². The first-order chi connectivity index (χ1) is 9.25. The van der Waals surface area contributed by atoms with Crippen LogP contribution in [0.15, 0.2) is 12.1 Å². The predicted molar refractivity (Wildman–Crippen MR) is 79.0 cm³/mol. The summed E-state index contributed by atoms with van der Waals surface area (Å²) in [6.45, 7) is 3.35. The van der Waals surface area contributed by atoms with Gasteiger partial charge in [0.1, 0.15) is 5.75 Å². The summed E-state index contributed by atoms with van der Waals surface area (Å²) in [6, 6.07) is 4.34. The maximum Gasteiger partial charge on any atom is 0.124 e. The van der Waals surface area contributed by atoms with Crippen LogP contribution in [0.3, 0.4) is 0 Å². The number of phenols is 1. The molecule has 2 aliphatic heterocycles. The molecular weight excluding hydrogens is 236 g/mol. The molecule has 0 bridgehead atoms. The van der Waals surface area contributed by atoms with Crippen LogP contribution in [0.1, 0.15) is 30.4 Å². The summed E-state index contributed by atoms with van der Waals surface area (Å²) in [5.41, 5.74) is 3.54. The minimum atomic E-state index is 0.572. The van der Waals surface area contributed by atoms with Gasteiger partial charge in [-0.15, -0.1) is 0 Å². The summed E-state index contributed by atoms with van der Waals surface area (Å²) in [4.78, 5) is 2.26. The molecule has 2 heterocycles. The molecule has 0 saturated carbocycles. The SMILES string of the molecule is CN1CCCc2c1ccc(CC1CCNCC1)c2O. The molecule has 0 amide bonds. The highest BCUT2D eigenvalue weighted by Gasteiger charge is 2.21. The number of rotatable bonds is 2. The maximum absolute atomic E-state index is 10.5. The van der Waals surface area contributed by atoms with Gasteiger partial charge in [0.25, 0.3) is 0 Å². The van der Waals surface area contributed by atoms with Crippen LogP contribution in [0.5, 0.6) is 5.75 Å². The summed E-state index contributed by atoms with van der Waals surface area (Å²) < 4.78 is 0. The van der Waals surface area contributed by atoms with E-state index in [0.717, 1.165) is 50.4 Å². The first kappa shape index (κ1) is 12.8. The largest absolute Gasteiger partial charge is 0.507 e. The van der Waals surface area contributed by atoms with Gasteiger partial charge in [-0.25, -0.2) is 0 Å². The van der Waals surface area contributed by atoms with Gasteiger partial charge in [0.15, 0.2) is 0 Å². The molecule has 104 valence electrons. The van der Waals surface area contributed by atoms with Crippen molar-refractivity contribution in [1.82, 2.24) is 5.32 Å². The zero-order valence-corrected chi connectivity index (χ0v) is 11.8. The van der Waals surface area contributed by atoms with E-state index < -0.39 is 0 Å². The first-order valence-electron chi connectivity index (χ1n) is 7.51. The highest BCUT2D eigenvalue weighted by atomic mass is 16.3. The van der Waals surface area contributed by atoms with Gasteiger partial charge in [0, 0.05) is 24.8 Å². The maximum atomic E-state index is 10.5. The Balaban J connectivity index is 1.82. The van der Waals surface area contributed by atoms with Gasteiger partial charge in [-0.05, 0) is 62.7 Å². The lowest BCUT2D eigenvalue weighted by atomic mass is 9.88. The Morgan fingerprint density at radius 1 is 1.32 bits per heavy atom. The number of hydrogen-bond donors (Lipinski definition) is 2. The Labute approximate surface area is 115 Å². The number of piperidine rings is 1. The fourth-order valence-corrected chi connectivity index (χ4v) is 3.45. The van der Waals surface area contributed by atoms with Gasteiger partial charge in [0.2, 0.25) is 0 Å². The van der Waals surface area contributed by atoms with Gasteiger partial charge in [0.05, 0.1) is 0 Å². The lowest BCUT2D eigenvalue weighted by Crippen LogP contribution is -2.29. The fraction of sp³-hybridized carbons (Fsp3) is 0.625. The lowest BCUT2D eigenvalue weighted by molar-refractivity contribution is 0.365. The van der Waals surface area contributed by atoms with Crippen LogP contribution < -0.4 is 10.2 Å². The molecule has 0 unspecified atom stereocenters. The van der Waals surface area contributed by atoms with Crippen LogP contribution in [-0.2, 0) is 12.8 Å². The van der Waals surface area contributed by atoms with Gasteiger partial charge >= 0.3 is 0 Å². The van der Waals surface area contributed by atoms with Crippen LogP contribution in [0.25, 0.3) is 0 Å². The first-order valence-corrected chi connectivity index (χ1v) is 7.51. The third-order valence-electron chi connectivity index (χ3n) is 4.64. The van der Waals surface area contributed by atoms with Crippen molar-refractivity contribution in [2.45, 2.75) is 32.1 Å². The quantitative estimate of drug-likeness (QED) is 0.856. The third kappa shape index (κ3) is 2.57. The molecule has 1 aromatic rings. The van der Waals surface area contributed by atoms with Crippen LogP contribution in [0, 0.1) is 5.92 Å². The van der Waals surface area contributed by atoms with E-state index in [0.29, 0.717) is 5.75 Å². The molecule has 0 aromatic heterocycles. The van der Waals surface area contributed by atoms with Crippen molar-refractivity contribution < 1.29 is 5.11 Å². The predicted octanol–water partition coefficient (Wildman–Crippen LogP) is 2.32. The average molecular weight is 260 g/mol. The summed E-state index contributed by atoms with van der Waals surface area (Å²) in [5.74, 6) is 1.30. The monoisotopic (exact) mass is 260 g/mol. The van der Waals surface area contributed by atoms with Crippen molar-refractivity contribution >= 4 is 5.69 Å². The number of nitrogens with zero attached hydrogens (tertiary/aromatic N) is 1. The molecule has 3 rings (SSSR count). The number of fused-ring (bicyclic) bond motifs is 1. The van der Waals surface area contributed by atoms with Crippen molar-refractivity contribution in [2.75, 3.05) is 31.6 Å². The van der Waals surface area contributed by atoms with E-state index in [9.17, 15) is 5.11 Å². The Morgan fingerprint density at radius 3 is 2.89 bits per heavy atom. The van der Waals surface area contributed by atoms with Crippen LogP contribution in [0.2, 0.25) is 0 Å². The number of benzene rings is 1. The highest BCUT2D eigenvalue weighted by molar-refractivity contribution is 5.62. The van der Waals surface area contributed by atoms with Crippen LogP contribution in [-0.4, -0.2) is 31.8 Å². The normalized spacial score (nSPS) is 20.4. The van der Waals surface area contributed by atoms with Crippen molar-refractivity contribution in [3.63, 3.8) is 0 Å². The second-order valence-electron chi connectivity index (χ2n) is 5.99. The molecule has 0 atom stereocenters. The summed E-state index contributed by atoms with van der Waals surface area (Å²) in [7, 11) is 2.11. The fourth-order valence-electron chi connectivity index (χ4n) is 3.45. The van der Waals surface area contributed by atoms with Gasteiger partial charge < -0.3 is 15.3 Å². The molecule has 19 heavy (non-hydrogen) atoms. The summed E-state index contributed by atoms with van der Waals surface area (Å²) in [5, 5.41) is 13.9. The van der Waals surface area contributed by atoms with Gasteiger partial charge in [-0.2, -0.15) is 0 Å². The second kappa shape index (κ2) is 5.41. The van der Waals surface area contributed by atoms with Crippen molar-refractivity contribution in [2.24, 2.45) is 5.92 Å². The molecule has 0 aliphatic carbocycles. The van der Waals surface area contributed by atoms with E-state index >= 15 is 0 Å². The molecule has 2 aliphatic rings. The number of phenolic OH excluding ortho intramolecular Hbond substituents is 1. The van der Waals surface area contributed by atoms with Crippen molar-refractivity contribution in [3.8, 4) is 5.75 Å². The summed E-state index contributed by atoms with van der Waals surface area (Å²) in [6.07, 6.45) is 5.66. The topological polar surface area (TPSA) is 35.5 Å². The molecule has 1 saturated heterocycles. The molecule has 0 spiro atoms. The Hall–Kier alpha value is -1.22. The Bertz CT molecular complexity index is 452. The van der Waals surface area contributed by atoms with Crippen molar-refractivity contribution in [1.29, 1.82) is 0 Å². The zero-order valence-electron chi connectivity index (χ0n) is 11.8. The van der Waals surface area contributed by atoms with E-state index in [1.54, 1.807) is 0 Å². The average Bonchev–Trinajstić information content (AvgIpc) is 2.44. The van der Waals surface area contributed by atoms with Gasteiger partial charge in [-0.1, -0.05) is 6.07 Å². The molecule has 2 N–H and O–H groups in total. The van der Waals surface area contributed by atoms with E-state index in [-0.39, 0.29) is 0 Å². The molecule has 0 radical (unpaired) electrons. The van der Waals surface area contributed by atoms with Crippen LogP contribution >= 0.6 is 0 Å². The number of aromatic hydroxyl groups is 1. The highest BCUT2D eigenvalue weighted by Crippen LogP contribution is 2.37. The second-order valence-corrected chi connectivity index (χ2v) is 5.99. The van der Waals surface area contributed by atoms with Crippen LogP contribution in [0.4, 0.5) is 5.69 Å². The third-order valence-corrected chi connectivity index (χ3v) is 4.64. The van der Waals surface area contributed by atoms with E-state index in [1.165, 1.54) is 24.1 Å². The molecule has 3 heteroatoms. The summed E-state index contributed by atoms with van der Waals surface area (Å²) >= 11 is 0. The molecule has 1 aromatic carbocycles. The van der Waals surface area contributed by atoms with Crippen molar-refractivity contribution in [3.05, 3.63) is 23.3 Å². The molecular formula is C16H24N2O. The lowest BCUT2D eigenvalue weighted by Gasteiger charge is -2.29. The Kier molecular flexibility index (Phi) is 3.65. The number of nitrogens with one attached hydrogen (secondary N) is 1.